The van der Waals surface area contributed by atoms with Gasteiger partial charge in [-0.05, 0) is 17.7 Å². The van der Waals surface area contributed by atoms with Crippen LogP contribution in [-0.2, 0) is 11.3 Å². The van der Waals surface area contributed by atoms with Crippen LogP contribution in [0.3, 0.4) is 0 Å². The lowest BCUT2D eigenvalue weighted by molar-refractivity contribution is -0.131. The highest BCUT2D eigenvalue weighted by molar-refractivity contribution is 6.26. The molecule has 0 amide bonds. The second-order valence-electron chi connectivity index (χ2n) is 2.80. The lowest BCUT2D eigenvalue weighted by Gasteiger charge is -2.09. The van der Waals surface area contributed by atoms with Gasteiger partial charge in [-0.15, -0.1) is 11.6 Å². The van der Waals surface area contributed by atoms with Gasteiger partial charge in [-0.3, -0.25) is 4.79 Å². The van der Waals surface area contributed by atoms with Crippen molar-refractivity contribution in [2.24, 2.45) is 5.73 Å². The largest absolute Gasteiger partial charge is 0.493 e. The molecule has 2 N–H and O–H groups in total. The van der Waals surface area contributed by atoms with Gasteiger partial charge in [-0.2, -0.15) is 0 Å². The quantitative estimate of drug-likeness (QED) is 0.480. The van der Waals surface area contributed by atoms with Crippen LogP contribution in [0.15, 0.2) is 18.2 Å². The van der Waals surface area contributed by atoms with Crippen LogP contribution < -0.4 is 15.2 Å². The summed E-state index contributed by atoms with van der Waals surface area (Å²) >= 11 is 5.32. The van der Waals surface area contributed by atoms with Crippen molar-refractivity contribution in [3.05, 3.63) is 23.8 Å². The van der Waals surface area contributed by atoms with E-state index in [0.29, 0.717) is 18.0 Å². The Morgan fingerprint density at radius 1 is 1.47 bits per heavy atom. The Labute approximate surface area is 92.9 Å². The number of carbonyl (C=O) groups excluding carboxylic acids is 1. The number of benzene rings is 1. The molecule has 1 aromatic carbocycles. The number of rotatable bonds is 4. The number of halogens is 1. The molecule has 0 bridgehead atoms. The smallest absolute Gasteiger partial charge is 0.326 e. The molecule has 0 aliphatic heterocycles. The first-order valence-electron chi connectivity index (χ1n) is 4.35. The lowest BCUT2D eigenvalue weighted by Crippen LogP contribution is -2.10. The van der Waals surface area contributed by atoms with Gasteiger partial charge in [0.05, 0.1) is 7.11 Å². The van der Waals surface area contributed by atoms with E-state index in [1.807, 2.05) is 0 Å². The van der Waals surface area contributed by atoms with Crippen LogP contribution in [0.4, 0.5) is 0 Å². The van der Waals surface area contributed by atoms with Crippen molar-refractivity contribution in [3.63, 3.8) is 0 Å². The van der Waals surface area contributed by atoms with Gasteiger partial charge in [0, 0.05) is 6.54 Å². The summed E-state index contributed by atoms with van der Waals surface area (Å²) in [7, 11) is 1.49. The molecule has 0 saturated heterocycles. The van der Waals surface area contributed by atoms with E-state index in [1.54, 1.807) is 18.2 Å². The molecule has 0 aliphatic carbocycles. The number of hydrogen-bond acceptors (Lipinski definition) is 4. The van der Waals surface area contributed by atoms with Crippen LogP contribution in [0, 0.1) is 0 Å². The zero-order valence-electron chi connectivity index (χ0n) is 8.33. The molecular weight excluding hydrogens is 218 g/mol. The summed E-state index contributed by atoms with van der Waals surface area (Å²) in [6, 6.07) is 5.11. The lowest BCUT2D eigenvalue weighted by atomic mass is 10.2. The molecule has 15 heavy (non-hydrogen) atoms. The minimum Gasteiger partial charge on any atom is -0.493 e. The standard InChI is InChI=1S/C10H12ClNO3/c1-14-9-4-7(6-12)2-3-8(9)15-10(13)5-11/h2-4H,5-6,12H2,1H3. The van der Waals surface area contributed by atoms with Crippen LogP contribution in [0.1, 0.15) is 5.56 Å². The third kappa shape index (κ3) is 3.11. The molecule has 0 aliphatic rings. The Bertz CT molecular complexity index is 355. The molecule has 0 fully saturated rings. The second-order valence-corrected chi connectivity index (χ2v) is 3.06. The van der Waals surface area contributed by atoms with Gasteiger partial charge in [0.25, 0.3) is 0 Å². The van der Waals surface area contributed by atoms with Gasteiger partial charge >= 0.3 is 5.97 Å². The minimum atomic E-state index is -0.518. The molecule has 4 nitrogen and oxygen atoms in total. The van der Waals surface area contributed by atoms with E-state index in [-0.39, 0.29) is 5.88 Å². The Balaban J connectivity index is 2.92. The average Bonchev–Trinajstić information content (AvgIpc) is 2.29. The molecule has 1 aromatic rings. The number of alkyl halides is 1. The van der Waals surface area contributed by atoms with E-state index < -0.39 is 5.97 Å². The first kappa shape index (κ1) is 11.8. The summed E-state index contributed by atoms with van der Waals surface area (Å²) in [5.41, 5.74) is 6.37. The molecule has 1 rings (SSSR count). The number of nitrogens with two attached hydrogens (primary N) is 1. The number of hydrogen-bond donors (Lipinski definition) is 1. The highest BCUT2D eigenvalue weighted by Crippen LogP contribution is 2.28. The fourth-order valence-electron chi connectivity index (χ4n) is 1.07. The third-order valence-corrected chi connectivity index (χ3v) is 2.01. The van der Waals surface area contributed by atoms with E-state index in [1.165, 1.54) is 7.11 Å². The Hall–Kier alpha value is -1.26. The molecule has 0 saturated carbocycles. The van der Waals surface area contributed by atoms with Crippen molar-refractivity contribution in [2.45, 2.75) is 6.54 Å². The predicted octanol–water partition coefficient (Wildman–Crippen LogP) is 1.30. The number of esters is 1. The van der Waals surface area contributed by atoms with Crippen molar-refractivity contribution in [3.8, 4) is 11.5 Å². The zero-order valence-corrected chi connectivity index (χ0v) is 9.08. The van der Waals surface area contributed by atoms with Crippen molar-refractivity contribution >= 4 is 17.6 Å². The summed E-state index contributed by atoms with van der Waals surface area (Å²) < 4.78 is 10.0. The minimum absolute atomic E-state index is 0.193. The summed E-state index contributed by atoms with van der Waals surface area (Å²) in [5, 5.41) is 0. The van der Waals surface area contributed by atoms with Crippen LogP contribution in [0.25, 0.3) is 0 Å². The van der Waals surface area contributed by atoms with Gasteiger partial charge in [0.1, 0.15) is 5.88 Å². The van der Waals surface area contributed by atoms with Crippen LogP contribution >= 0.6 is 11.6 Å². The molecule has 0 spiro atoms. The molecular formula is C10H12ClNO3. The van der Waals surface area contributed by atoms with Crippen LogP contribution in [-0.4, -0.2) is 19.0 Å². The van der Waals surface area contributed by atoms with E-state index in [0.717, 1.165) is 5.56 Å². The first-order chi connectivity index (χ1) is 7.21. The van der Waals surface area contributed by atoms with Crippen LogP contribution in [0.2, 0.25) is 0 Å². The highest BCUT2D eigenvalue weighted by Gasteiger charge is 2.09. The predicted molar refractivity (Wildman–Crippen MR) is 57.2 cm³/mol. The average molecular weight is 230 g/mol. The first-order valence-corrected chi connectivity index (χ1v) is 4.88. The Morgan fingerprint density at radius 3 is 2.73 bits per heavy atom. The number of methoxy groups -OCH3 is 1. The second kappa shape index (κ2) is 5.58. The number of carbonyl (C=O) groups is 1. The maximum absolute atomic E-state index is 11.0. The molecule has 0 radical (unpaired) electrons. The van der Waals surface area contributed by atoms with Gasteiger partial charge in [0.15, 0.2) is 11.5 Å². The van der Waals surface area contributed by atoms with E-state index in [4.69, 9.17) is 26.8 Å². The Kier molecular flexibility index (Phi) is 4.39. The summed E-state index contributed by atoms with van der Waals surface area (Å²) in [5.74, 6) is 0.106. The SMILES string of the molecule is COc1cc(CN)ccc1OC(=O)CCl. The Morgan fingerprint density at radius 2 is 2.20 bits per heavy atom. The maximum atomic E-state index is 11.0. The van der Waals surface area contributed by atoms with E-state index >= 15 is 0 Å². The van der Waals surface area contributed by atoms with Gasteiger partial charge in [-0.1, -0.05) is 6.07 Å². The van der Waals surface area contributed by atoms with Gasteiger partial charge < -0.3 is 15.2 Å². The van der Waals surface area contributed by atoms with Gasteiger partial charge in [0.2, 0.25) is 0 Å². The van der Waals surface area contributed by atoms with Crippen LogP contribution in [0.5, 0.6) is 11.5 Å². The molecule has 0 atom stereocenters. The summed E-state index contributed by atoms with van der Waals surface area (Å²) in [4.78, 5) is 11.0. The van der Waals surface area contributed by atoms with Crippen molar-refractivity contribution in [1.82, 2.24) is 0 Å². The fraction of sp³-hybridized carbons (Fsp3) is 0.300. The molecule has 5 heteroatoms. The fourth-order valence-corrected chi connectivity index (χ4v) is 1.13. The number of ether oxygens (including phenoxy) is 2. The summed E-state index contributed by atoms with van der Waals surface area (Å²) in [6.07, 6.45) is 0. The molecule has 0 heterocycles. The van der Waals surface area contributed by atoms with Gasteiger partial charge in [-0.25, -0.2) is 0 Å². The molecule has 0 aromatic heterocycles. The van der Waals surface area contributed by atoms with Crippen molar-refractivity contribution < 1.29 is 14.3 Å². The molecule has 0 unspecified atom stereocenters. The molecule has 82 valence electrons. The highest BCUT2D eigenvalue weighted by atomic mass is 35.5. The topological polar surface area (TPSA) is 61.6 Å². The van der Waals surface area contributed by atoms with E-state index in [9.17, 15) is 4.79 Å². The maximum Gasteiger partial charge on any atom is 0.326 e. The normalized spacial score (nSPS) is 9.80. The zero-order chi connectivity index (χ0) is 11.3. The third-order valence-electron chi connectivity index (χ3n) is 1.80. The van der Waals surface area contributed by atoms with Crippen molar-refractivity contribution in [2.75, 3.05) is 13.0 Å². The van der Waals surface area contributed by atoms with Crippen molar-refractivity contribution in [1.29, 1.82) is 0 Å². The summed E-state index contributed by atoms with van der Waals surface area (Å²) in [6.45, 7) is 0.403. The monoisotopic (exact) mass is 229 g/mol. The van der Waals surface area contributed by atoms with E-state index in [2.05, 4.69) is 0 Å².